The molecule has 0 aromatic carbocycles. The van der Waals surface area contributed by atoms with E-state index < -0.39 is 0 Å². The lowest BCUT2D eigenvalue weighted by Gasteiger charge is -2.33. The number of likely N-dealkylation sites (tertiary alicyclic amines) is 1. The van der Waals surface area contributed by atoms with Gasteiger partial charge in [0.1, 0.15) is 0 Å². The summed E-state index contributed by atoms with van der Waals surface area (Å²) in [5.74, 6) is 1.61. The van der Waals surface area contributed by atoms with Gasteiger partial charge in [0.15, 0.2) is 0 Å². The third kappa shape index (κ3) is 5.36. The van der Waals surface area contributed by atoms with Crippen molar-refractivity contribution in [2.75, 3.05) is 47.3 Å². The van der Waals surface area contributed by atoms with E-state index in [1.54, 1.807) is 0 Å². The van der Waals surface area contributed by atoms with Crippen LogP contribution in [-0.2, 0) is 0 Å². The molecule has 1 saturated heterocycles. The van der Waals surface area contributed by atoms with E-state index in [2.05, 4.69) is 50.1 Å². The lowest BCUT2D eigenvalue weighted by atomic mass is 9.96. The molecule has 0 bridgehead atoms. The molecule has 17 heavy (non-hydrogen) atoms. The summed E-state index contributed by atoms with van der Waals surface area (Å²) < 4.78 is 0. The van der Waals surface area contributed by atoms with Gasteiger partial charge in [-0.05, 0) is 58.9 Å². The third-order valence-electron chi connectivity index (χ3n) is 4.09. The molecule has 1 N–H and O–H groups in total. The van der Waals surface area contributed by atoms with E-state index in [-0.39, 0.29) is 0 Å². The zero-order chi connectivity index (χ0) is 12.8. The lowest BCUT2D eigenvalue weighted by molar-refractivity contribution is 0.164. The molecule has 1 unspecified atom stereocenters. The highest BCUT2D eigenvalue weighted by Gasteiger charge is 2.20. The number of likely N-dealkylation sites (N-methyl/N-ethyl adjacent to an activating group) is 2. The van der Waals surface area contributed by atoms with E-state index >= 15 is 0 Å². The monoisotopic (exact) mass is 241 g/mol. The van der Waals surface area contributed by atoms with E-state index in [4.69, 9.17) is 0 Å². The minimum Gasteiger partial charge on any atom is -0.315 e. The maximum atomic E-state index is 3.43. The van der Waals surface area contributed by atoms with Crippen LogP contribution in [0.5, 0.6) is 0 Å². The molecular formula is C14H31N3. The van der Waals surface area contributed by atoms with Crippen LogP contribution < -0.4 is 5.32 Å². The lowest BCUT2D eigenvalue weighted by Crippen LogP contribution is -2.43. The van der Waals surface area contributed by atoms with Crippen molar-refractivity contribution < 1.29 is 0 Å². The molecule has 1 atom stereocenters. The van der Waals surface area contributed by atoms with Gasteiger partial charge in [0.25, 0.3) is 0 Å². The van der Waals surface area contributed by atoms with E-state index in [9.17, 15) is 0 Å². The molecule has 0 amide bonds. The summed E-state index contributed by atoms with van der Waals surface area (Å²) in [6, 6.07) is 0.617. The number of nitrogens with zero attached hydrogens (tertiary/aromatic N) is 2. The highest BCUT2D eigenvalue weighted by molar-refractivity contribution is 4.76. The summed E-state index contributed by atoms with van der Waals surface area (Å²) in [6.07, 6.45) is 2.74. The summed E-state index contributed by atoms with van der Waals surface area (Å²) in [7, 11) is 6.58. The van der Waals surface area contributed by atoms with Crippen LogP contribution in [0.25, 0.3) is 0 Å². The third-order valence-corrected chi connectivity index (χ3v) is 4.09. The maximum absolute atomic E-state index is 3.43. The van der Waals surface area contributed by atoms with Crippen LogP contribution in [-0.4, -0.2) is 63.2 Å². The summed E-state index contributed by atoms with van der Waals surface area (Å²) in [6.45, 7) is 9.57. The molecule has 3 nitrogen and oxygen atoms in total. The molecule has 102 valence electrons. The van der Waals surface area contributed by atoms with Gasteiger partial charge in [-0.3, -0.25) is 0 Å². The van der Waals surface area contributed by atoms with Crippen LogP contribution in [0.2, 0.25) is 0 Å². The fourth-order valence-electron chi connectivity index (χ4n) is 2.73. The van der Waals surface area contributed by atoms with Gasteiger partial charge in [-0.1, -0.05) is 13.8 Å². The highest BCUT2D eigenvalue weighted by Crippen LogP contribution is 2.17. The van der Waals surface area contributed by atoms with Crippen molar-refractivity contribution in [3.05, 3.63) is 0 Å². The first-order valence-corrected chi connectivity index (χ1v) is 7.07. The molecule has 0 aromatic rings. The van der Waals surface area contributed by atoms with Crippen molar-refractivity contribution in [3.8, 4) is 0 Å². The number of piperidine rings is 1. The molecule has 0 saturated carbocycles. The summed E-state index contributed by atoms with van der Waals surface area (Å²) in [4.78, 5) is 4.96. The molecule has 0 radical (unpaired) electrons. The number of hydrogen-bond acceptors (Lipinski definition) is 3. The zero-order valence-electron chi connectivity index (χ0n) is 12.4. The quantitative estimate of drug-likeness (QED) is 0.760. The smallest absolute Gasteiger partial charge is 0.0214 e. The second-order valence-electron chi connectivity index (χ2n) is 6.11. The topological polar surface area (TPSA) is 18.5 Å². The summed E-state index contributed by atoms with van der Waals surface area (Å²) in [5.41, 5.74) is 0. The largest absolute Gasteiger partial charge is 0.315 e. The molecule has 1 aliphatic heterocycles. The Morgan fingerprint density at radius 1 is 1.29 bits per heavy atom. The first-order chi connectivity index (χ1) is 8.02. The molecule has 1 aliphatic rings. The van der Waals surface area contributed by atoms with Crippen LogP contribution >= 0.6 is 0 Å². The minimum atomic E-state index is 0.617. The maximum Gasteiger partial charge on any atom is 0.0214 e. The standard InChI is InChI=1S/C14H31N3/c1-12(2)14(15-3)11-17(5)10-13-6-8-16(4)9-7-13/h12-15H,6-11H2,1-5H3. The molecule has 0 spiro atoms. The van der Waals surface area contributed by atoms with Crippen molar-refractivity contribution in [2.45, 2.75) is 32.7 Å². The first kappa shape index (κ1) is 14.9. The fourth-order valence-corrected chi connectivity index (χ4v) is 2.73. The predicted molar refractivity (Wildman–Crippen MR) is 75.4 cm³/mol. The van der Waals surface area contributed by atoms with Gasteiger partial charge in [-0.15, -0.1) is 0 Å². The molecule has 0 aliphatic carbocycles. The number of rotatable bonds is 6. The Labute approximate surface area is 108 Å². The molecule has 1 fully saturated rings. The average molecular weight is 241 g/mol. The van der Waals surface area contributed by atoms with Gasteiger partial charge >= 0.3 is 0 Å². The molecule has 1 heterocycles. The van der Waals surface area contributed by atoms with Crippen molar-refractivity contribution in [3.63, 3.8) is 0 Å². The zero-order valence-corrected chi connectivity index (χ0v) is 12.4. The normalized spacial score (nSPS) is 21.4. The minimum absolute atomic E-state index is 0.617. The molecular weight excluding hydrogens is 210 g/mol. The van der Waals surface area contributed by atoms with Gasteiger partial charge in [0.2, 0.25) is 0 Å². The second-order valence-corrected chi connectivity index (χ2v) is 6.11. The Morgan fingerprint density at radius 2 is 1.88 bits per heavy atom. The Hall–Kier alpha value is -0.120. The Balaban J connectivity index is 2.26. The highest BCUT2D eigenvalue weighted by atomic mass is 15.1. The van der Waals surface area contributed by atoms with Crippen LogP contribution in [0, 0.1) is 11.8 Å². The van der Waals surface area contributed by atoms with Gasteiger partial charge < -0.3 is 15.1 Å². The van der Waals surface area contributed by atoms with Crippen molar-refractivity contribution in [2.24, 2.45) is 11.8 Å². The second kappa shape index (κ2) is 7.34. The van der Waals surface area contributed by atoms with Crippen LogP contribution in [0.15, 0.2) is 0 Å². The Bertz CT molecular complexity index is 198. The van der Waals surface area contributed by atoms with Crippen molar-refractivity contribution in [1.82, 2.24) is 15.1 Å². The SMILES string of the molecule is CNC(CN(C)CC1CCN(C)CC1)C(C)C. The molecule has 3 heteroatoms. The molecule has 1 rings (SSSR count). The number of nitrogens with one attached hydrogen (secondary N) is 1. The predicted octanol–water partition coefficient (Wildman–Crippen LogP) is 1.50. The van der Waals surface area contributed by atoms with Crippen molar-refractivity contribution >= 4 is 0 Å². The van der Waals surface area contributed by atoms with Crippen molar-refractivity contribution in [1.29, 1.82) is 0 Å². The number of hydrogen-bond donors (Lipinski definition) is 1. The first-order valence-electron chi connectivity index (χ1n) is 7.07. The van der Waals surface area contributed by atoms with Crippen LogP contribution in [0.3, 0.4) is 0 Å². The van der Waals surface area contributed by atoms with Gasteiger partial charge in [-0.2, -0.15) is 0 Å². The molecule has 0 aromatic heterocycles. The van der Waals surface area contributed by atoms with Crippen LogP contribution in [0.4, 0.5) is 0 Å². The summed E-state index contributed by atoms with van der Waals surface area (Å²) >= 11 is 0. The Kier molecular flexibility index (Phi) is 6.45. The van der Waals surface area contributed by atoms with Gasteiger partial charge in [-0.25, -0.2) is 0 Å². The fraction of sp³-hybridized carbons (Fsp3) is 1.00. The van der Waals surface area contributed by atoms with E-state index in [1.165, 1.54) is 39.0 Å². The van der Waals surface area contributed by atoms with Gasteiger partial charge in [0.05, 0.1) is 0 Å². The summed E-state index contributed by atoms with van der Waals surface area (Å²) in [5, 5.41) is 3.43. The Morgan fingerprint density at radius 3 is 2.35 bits per heavy atom. The average Bonchev–Trinajstić information content (AvgIpc) is 2.28. The van der Waals surface area contributed by atoms with Crippen LogP contribution in [0.1, 0.15) is 26.7 Å². The van der Waals surface area contributed by atoms with E-state index in [0.29, 0.717) is 12.0 Å². The van der Waals surface area contributed by atoms with E-state index in [1.807, 2.05) is 0 Å². The van der Waals surface area contributed by atoms with Gasteiger partial charge in [0, 0.05) is 19.1 Å². The van der Waals surface area contributed by atoms with E-state index in [0.717, 1.165) is 5.92 Å².